The van der Waals surface area contributed by atoms with E-state index in [1.165, 1.54) is 6.92 Å². The van der Waals surface area contributed by atoms with E-state index in [0.29, 0.717) is 5.69 Å². The van der Waals surface area contributed by atoms with Crippen LogP contribution in [0.5, 0.6) is 0 Å². The minimum Gasteiger partial charge on any atom is -0.465 e. The van der Waals surface area contributed by atoms with Gasteiger partial charge in [-0.3, -0.25) is 14.6 Å². The number of esters is 1. The predicted octanol–water partition coefficient (Wildman–Crippen LogP) is 2.34. The van der Waals surface area contributed by atoms with Crippen LogP contribution in [0.3, 0.4) is 0 Å². The van der Waals surface area contributed by atoms with Crippen molar-refractivity contribution in [3.8, 4) is 0 Å². The number of allylic oxidation sites excluding steroid dienone is 1. The van der Waals surface area contributed by atoms with E-state index in [-0.39, 0.29) is 25.2 Å². The molecule has 0 unspecified atom stereocenters. The number of aromatic nitrogens is 1. The maximum Gasteiger partial charge on any atom is 0.320 e. The Morgan fingerprint density at radius 2 is 2.21 bits per heavy atom. The molecule has 1 aromatic rings. The molecule has 0 saturated heterocycles. The normalized spacial score (nSPS) is 13.4. The van der Waals surface area contributed by atoms with Crippen molar-refractivity contribution in [3.63, 3.8) is 0 Å². The van der Waals surface area contributed by atoms with Gasteiger partial charge >= 0.3 is 5.97 Å². The number of pyridine rings is 1. The zero-order valence-corrected chi connectivity index (χ0v) is 11.4. The first-order valence-corrected chi connectivity index (χ1v) is 6.26. The van der Waals surface area contributed by atoms with E-state index in [1.54, 1.807) is 31.3 Å². The summed E-state index contributed by atoms with van der Waals surface area (Å²) in [5.41, 5.74) is -0.529. The van der Waals surface area contributed by atoms with Gasteiger partial charge in [-0.05, 0) is 32.4 Å². The van der Waals surface area contributed by atoms with Crippen LogP contribution in [-0.4, -0.2) is 23.3 Å². The van der Waals surface area contributed by atoms with E-state index >= 15 is 0 Å². The summed E-state index contributed by atoms with van der Waals surface area (Å²) in [6, 6.07) is 5.41. The van der Waals surface area contributed by atoms with Gasteiger partial charge in [-0.15, -0.1) is 6.58 Å². The van der Waals surface area contributed by atoms with Gasteiger partial charge in [0, 0.05) is 18.3 Å². The molecule has 0 radical (unpaired) electrons. The van der Waals surface area contributed by atoms with Crippen LogP contribution in [0.4, 0.5) is 0 Å². The second kappa shape index (κ2) is 6.83. The molecule has 4 heteroatoms. The molecule has 0 spiro atoms. The third-order valence-electron chi connectivity index (χ3n) is 3.04. The Kier molecular flexibility index (Phi) is 5.42. The fourth-order valence-electron chi connectivity index (χ4n) is 1.97. The van der Waals surface area contributed by atoms with E-state index in [4.69, 9.17) is 4.74 Å². The standard InChI is InChI=1S/C15H19NO3/c1-4-9-15(12(3)17,14(18)19-5-2)11-13-8-6-7-10-16-13/h4,6-8,10H,1,5,9,11H2,2-3H3/t15-/m1/s1. The van der Waals surface area contributed by atoms with Crippen molar-refractivity contribution in [2.45, 2.75) is 26.7 Å². The van der Waals surface area contributed by atoms with Crippen molar-refractivity contribution in [1.29, 1.82) is 0 Å². The summed E-state index contributed by atoms with van der Waals surface area (Å²) >= 11 is 0. The predicted molar refractivity (Wildman–Crippen MR) is 72.5 cm³/mol. The van der Waals surface area contributed by atoms with Gasteiger partial charge < -0.3 is 4.74 Å². The number of ether oxygens (including phenoxy) is 1. The number of hydrogen-bond acceptors (Lipinski definition) is 4. The molecule has 19 heavy (non-hydrogen) atoms. The molecule has 0 aliphatic heterocycles. The van der Waals surface area contributed by atoms with Crippen molar-refractivity contribution in [1.82, 2.24) is 4.98 Å². The third kappa shape index (κ3) is 3.50. The molecule has 1 heterocycles. The molecular weight excluding hydrogens is 242 g/mol. The van der Waals surface area contributed by atoms with E-state index < -0.39 is 11.4 Å². The summed E-state index contributed by atoms with van der Waals surface area (Å²) in [6.45, 7) is 7.00. The number of nitrogens with zero attached hydrogens (tertiary/aromatic N) is 1. The number of ketones is 1. The Hall–Kier alpha value is -1.97. The zero-order chi connectivity index (χ0) is 14.3. The van der Waals surface area contributed by atoms with Crippen LogP contribution in [0, 0.1) is 5.41 Å². The number of Topliss-reactive ketones (excluding diaryl/α,β-unsaturated/α-hetero) is 1. The van der Waals surface area contributed by atoms with Crippen LogP contribution in [0.2, 0.25) is 0 Å². The summed E-state index contributed by atoms with van der Waals surface area (Å²) in [5.74, 6) is -0.732. The van der Waals surface area contributed by atoms with Crippen molar-refractivity contribution < 1.29 is 14.3 Å². The van der Waals surface area contributed by atoms with Gasteiger partial charge in [0.05, 0.1) is 6.61 Å². The minimum absolute atomic E-state index is 0.225. The van der Waals surface area contributed by atoms with Gasteiger partial charge in [0.25, 0.3) is 0 Å². The van der Waals surface area contributed by atoms with Crippen LogP contribution in [0.25, 0.3) is 0 Å². The van der Waals surface area contributed by atoms with Crippen molar-refractivity contribution >= 4 is 11.8 Å². The van der Waals surface area contributed by atoms with Gasteiger partial charge in [-0.2, -0.15) is 0 Å². The summed E-state index contributed by atoms with van der Waals surface area (Å²) in [5, 5.41) is 0. The smallest absolute Gasteiger partial charge is 0.320 e. The minimum atomic E-state index is -1.22. The molecule has 0 fully saturated rings. The maximum absolute atomic E-state index is 12.2. The van der Waals surface area contributed by atoms with Crippen LogP contribution in [-0.2, 0) is 20.7 Å². The van der Waals surface area contributed by atoms with Crippen molar-refractivity contribution in [2.75, 3.05) is 6.61 Å². The van der Waals surface area contributed by atoms with Crippen LogP contribution in [0.1, 0.15) is 26.0 Å². The van der Waals surface area contributed by atoms with Gasteiger partial charge in [0.15, 0.2) is 0 Å². The topological polar surface area (TPSA) is 56.3 Å². The highest BCUT2D eigenvalue weighted by Gasteiger charge is 2.44. The molecule has 0 N–H and O–H groups in total. The fourth-order valence-corrected chi connectivity index (χ4v) is 1.97. The summed E-state index contributed by atoms with van der Waals surface area (Å²) < 4.78 is 5.06. The second-order valence-electron chi connectivity index (χ2n) is 4.35. The quantitative estimate of drug-likeness (QED) is 0.429. The van der Waals surface area contributed by atoms with Gasteiger partial charge in [-0.1, -0.05) is 12.1 Å². The van der Waals surface area contributed by atoms with E-state index in [9.17, 15) is 9.59 Å². The monoisotopic (exact) mass is 261 g/mol. The molecule has 0 aliphatic carbocycles. The Labute approximate surface area is 113 Å². The zero-order valence-electron chi connectivity index (χ0n) is 11.4. The molecular formula is C15H19NO3. The van der Waals surface area contributed by atoms with E-state index in [1.807, 2.05) is 6.07 Å². The van der Waals surface area contributed by atoms with Gasteiger partial charge in [0.2, 0.25) is 0 Å². The highest BCUT2D eigenvalue weighted by atomic mass is 16.5. The highest BCUT2D eigenvalue weighted by Crippen LogP contribution is 2.30. The Bertz CT molecular complexity index is 456. The lowest BCUT2D eigenvalue weighted by atomic mass is 9.76. The van der Waals surface area contributed by atoms with Crippen LogP contribution in [0.15, 0.2) is 37.1 Å². The maximum atomic E-state index is 12.2. The molecule has 0 bridgehead atoms. The molecule has 0 aliphatic rings. The number of carbonyl (C=O) groups is 2. The highest BCUT2D eigenvalue weighted by molar-refractivity contribution is 6.03. The van der Waals surface area contributed by atoms with Crippen molar-refractivity contribution in [3.05, 3.63) is 42.7 Å². The number of rotatable bonds is 7. The van der Waals surface area contributed by atoms with Crippen LogP contribution < -0.4 is 0 Å². The Morgan fingerprint density at radius 1 is 1.47 bits per heavy atom. The summed E-state index contributed by atoms with van der Waals surface area (Å²) in [6.07, 6.45) is 3.69. The molecule has 0 amide bonds. The van der Waals surface area contributed by atoms with E-state index in [2.05, 4.69) is 11.6 Å². The largest absolute Gasteiger partial charge is 0.465 e. The second-order valence-corrected chi connectivity index (χ2v) is 4.35. The average Bonchev–Trinajstić information content (AvgIpc) is 2.39. The molecule has 1 aromatic heterocycles. The van der Waals surface area contributed by atoms with Crippen molar-refractivity contribution in [2.24, 2.45) is 5.41 Å². The van der Waals surface area contributed by atoms with Crippen LogP contribution >= 0.6 is 0 Å². The van der Waals surface area contributed by atoms with Gasteiger partial charge in [-0.25, -0.2) is 0 Å². The fraction of sp³-hybridized carbons (Fsp3) is 0.400. The first kappa shape index (κ1) is 15.1. The number of hydrogen-bond donors (Lipinski definition) is 0. The molecule has 0 aromatic carbocycles. The first-order valence-electron chi connectivity index (χ1n) is 6.26. The average molecular weight is 261 g/mol. The Balaban J connectivity index is 3.12. The molecule has 1 rings (SSSR count). The number of carbonyl (C=O) groups excluding carboxylic acids is 2. The third-order valence-corrected chi connectivity index (χ3v) is 3.04. The molecule has 0 saturated carbocycles. The molecule has 4 nitrogen and oxygen atoms in total. The summed E-state index contributed by atoms with van der Waals surface area (Å²) in [4.78, 5) is 28.4. The molecule has 102 valence electrons. The molecule has 1 atom stereocenters. The first-order chi connectivity index (χ1) is 9.06. The SMILES string of the molecule is C=CC[C@@](Cc1ccccn1)(C(C)=O)C(=O)OCC. The summed E-state index contributed by atoms with van der Waals surface area (Å²) in [7, 11) is 0. The lowest BCUT2D eigenvalue weighted by Crippen LogP contribution is -2.41. The van der Waals surface area contributed by atoms with E-state index in [0.717, 1.165) is 0 Å². The lowest BCUT2D eigenvalue weighted by molar-refractivity contribution is -0.159. The lowest BCUT2D eigenvalue weighted by Gasteiger charge is -2.27. The van der Waals surface area contributed by atoms with Gasteiger partial charge in [0.1, 0.15) is 11.2 Å². The Morgan fingerprint density at radius 3 is 2.68 bits per heavy atom.